The van der Waals surface area contributed by atoms with Gasteiger partial charge >= 0.3 is 0 Å². The van der Waals surface area contributed by atoms with Gasteiger partial charge < -0.3 is 4.74 Å². The third-order valence-corrected chi connectivity index (χ3v) is 3.63. The van der Waals surface area contributed by atoms with Gasteiger partial charge in [0.1, 0.15) is 5.75 Å². The van der Waals surface area contributed by atoms with E-state index in [0.29, 0.717) is 11.3 Å². The number of nitrogens with zero attached hydrogens (tertiary/aromatic N) is 1. The van der Waals surface area contributed by atoms with Crippen LogP contribution in [0.15, 0.2) is 42.5 Å². The minimum Gasteiger partial charge on any atom is -0.484 e. The van der Waals surface area contributed by atoms with Gasteiger partial charge in [0.15, 0.2) is 6.61 Å². The Kier molecular flexibility index (Phi) is 6.13. The van der Waals surface area contributed by atoms with E-state index in [4.69, 9.17) is 10.00 Å². The van der Waals surface area contributed by atoms with Crippen molar-refractivity contribution in [3.05, 3.63) is 64.7 Å². The minimum atomic E-state index is -0.474. The number of hydrogen-bond donors (Lipinski definition) is 2. The summed E-state index contributed by atoms with van der Waals surface area (Å²) in [6, 6.07) is 14.2. The van der Waals surface area contributed by atoms with Crippen molar-refractivity contribution in [2.24, 2.45) is 0 Å². The summed E-state index contributed by atoms with van der Waals surface area (Å²) in [5.74, 6) is -0.316. The Morgan fingerprint density at radius 3 is 2.32 bits per heavy atom. The number of carbonyl (C=O) groups excluding carboxylic acids is 2. The Morgan fingerprint density at radius 2 is 1.68 bits per heavy atom. The molecule has 0 aliphatic carbocycles. The summed E-state index contributed by atoms with van der Waals surface area (Å²) >= 11 is 0. The molecule has 0 fully saturated rings. The minimum absolute atomic E-state index is 0.178. The molecule has 25 heavy (non-hydrogen) atoms. The summed E-state index contributed by atoms with van der Waals surface area (Å²) in [5.41, 5.74) is 8.33. The monoisotopic (exact) mass is 337 g/mol. The molecule has 0 spiro atoms. The summed E-state index contributed by atoms with van der Waals surface area (Å²) in [4.78, 5) is 23.6. The number of nitrogens with one attached hydrogen (secondary N) is 2. The Balaban J connectivity index is 1.74. The largest absolute Gasteiger partial charge is 0.484 e. The molecule has 128 valence electrons. The van der Waals surface area contributed by atoms with Crippen LogP contribution < -0.4 is 15.6 Å². The lowest BCUT2D eigenvalue weighted by Gasteiger charge is -2.09. The summed E-state index contributed by atoms with van der Waals surface area (Å²) in [7, 11) is 0. The number of hydrazine groups is 1. The van der Waals surface area contributed by atoms with Crippen molar-refractivity contribution in [2.45, 2.75) is 20.3 Å². The maximum Gasteiger partial charge on any atom is 0.276 e. The molecule has 0 radical (unpaired) electrons. The van der Waals surface area contributed by atoms with Crippen molar-refractivity contribution >= 4 is 11.8 Å². The van der Waals surface area contributed by atoms with E-state index >= 15 is 0 Å². The quantitative estimate of drug-likeness (QED) is 0.816. The summed E-state index contributed by atoms with van der Waals surface area (Å²) in [6.07, 6.45) is 0.178. The van der Waals surface area contributed by atoms with Crippen molar-refractivity contribution < 1.29 is 14.3 Å². The molecule has 2 aromatic carbocycles. The van der Waals surface area contributed by atoms with Gasteiger partial charge in [-0.1, -0.05) is 18.2 Å². The number of rotatable bonds is 5. The normalized spacial score (nSPS) is 9.80. The number of benzene rings is 2. The Morgan fingerprint density at radius 1 is 1.00 bits per heavy atom. The van der Waals surface area contributed by atoms with E-state index in [1.54, 1.807) is 24.3 Å². The van der Waals surface area contributed by atoms with Crippen molar-refractivity contribution in [3.8, 4) is 11.8 Å². The van der Waals surface area contributed by atoms with Crippen LogP contribution in [0.4, 0.5) is 0 Å². The van der Waals surface area contributed by atoms with Gasteiger partial charge in [-0.2, -0.15) is 5.26 Å². The van der Waals surface area contributed by atoms with Crippen LogP contribution in [-0.4, -0.2) is 18.4 Å². The number of nitriles is 1. The smallest absolute Gasteiger partial charge is 0.276 e. The highest BCUT2D eigenvalue weighted by Crippen LogP contribution is 2.11. The summed E-state index contributed by atoms with van der Waals surface area (Å²) < 4.78 is 5.27. The topological polar surface area (TPSA) is 91.2 Å². The van der Waals surface area contributed by atoms with Crippen LogP contribution in [-0.2, 0) is 16.0 Å². The first kappa shape index (κ1) is 18.0. The zero-order chi connectivity index (χ0) is 18.2. The van der Waals surface area contributed by atoms with Crippen LogP contribution in [0.1, 0.15) is 22.3 Å². The molecule has 0 bridgehead atoms. The lowest BCUT2D eigenvalue weighted by Crippen LogP contribution is -2.44. The Bertz CT molecular complexity index is 808. The average Bonchev–Trinajstić information content (AvgIpc) is 2.61. The van der Waals surface area contributed by atoms with Gasteiger partial charge in [-0.3, -0.25) is 20.4 Å². The summed E-state index contributed by atoms with van der Waals surface area (Å²) in [5, 5.41) is 8.71. The van der Waals surface area contributed by atoms with E-state index in [1.165, 1.54) is 0 Å². The lowest BCUT2D eigenvalue weighted by atomic mass is 10.0. The molecule has 6 nitrogen and oxygen atoms in total. The van der Waals surface area contributed by atoms with Gasteiger partial charge in [0.2, 0.25) is 5.91 Å². The van der Waals surface area contributed by atoms with Gasteiger partial charge in [0.25, 0.3) is 5.91 Å². The fraction of sp³-hybridized carbons (Fsp3) is 0.211. The molecule has 0 heterocycles. The molecule has 2 rings (SSSR count). The summed E-state index contributed by atoms with van der Waals surface area (Å²) in [6.45, 7) is 3.75. The van der Waals surface area contributed by atoms with Crippen LogP contribution in [0.25, 0.3) is 0 Å². The highest BCUT2D eigenvalue weighted by Gasteiger charge is 2.07. The molecule has 0 aliphatic rings. The van der Waals surface area contributed by atoms with Crippen LogP contribution >= 0.6 is 0 Å². The van der Waals surface area contributed by atoms with Gasteiger partial charge in [0, 0.05) is 0 Å². The highest BCUT2D eigenvalue weighted by molar-refractivity contribution is 5.83. The predicted molar refractivity (Wildman–Crippen MR) is 92.6 cm³/mol. The third-order valence-electron chi connectivity index (χ3n) is 3.63. The standard InChI is InChI=1S/C19H19N3O3/c1-13-3-4-16(9-14(13)2)10-18(23)21-22-19(24)12-25-17-7-5-15(11-20)6-8-17/h3-9H,10,12H2,1-2H3,(H,21,23)(H,22,24). The first-order chi connectivity index (χ1) is 12.0. The Labute approximate surface area is 146 Å². The van der Waals surface area contributed by atoms with E-state index in [0.717, 1.165) is 16.7 Å². The molecule has 2 N–H and O–H groups in total. The van der Waals surface area contributed by atoms with Gasteiger partial charge in [-0.25, -0.2) is 0 Å². The number of amides is 2. The molecule has 0 atom stereocenters. The molecule has 0 unspecified atom stereocenters. The predicted octanol–water partition coefficient (Wildman–Crippen LogP) is 1.94. The van der Waals surface area contributed by atoms with Gasteiger partial charge in [0.05, 0.1) is 18.1 Å². The van der Waals surface area contributed by atoms with E-state index in [-0.39, 0.29) is 18.9 Å². The number of ether oxygens (including phenoxy) is 1. The number of carbonyl (C=O) groups is 2. The van der Waals surface area contributed by atoms with Gasteiger partial charge in [-0.05, 0) is 54.8 Å². The molecule has 2 amide bonds. The molecule has 0 saturated carbocycles. The molecule has 2 aromatic rings. The van der Waals surface area contributed by atoms with Crippen molar-refractivity contribution in [1.82, 2.24) is 10.9 Å². The van der Waals surface area contributed by atoms with Crippen molar-refractivity contribution in [3.63, 3.8) is 0 Å². The molecule has 0 aromatic heterocycles. The van der Waals surface area contributed by atoms with E-state index in [2.05, 4.69) is 10.9 Å². The van der Waals surface area contributed by atoms with E-state index in [9.17, 15) is 9.59 Å². The highest BCUT2D eigenvalue weighted by atomic mass is 16.5. The van der Waals surface area contributed by atoms with Crippen LogP contribution in [0, 0.1) is 25.2 Å². The molecular formula is C19H19N3O3. The molecule has 0 saturated heterocycles. The zero-order valence-electron chi connectivity index (χ0n) is 14.1. The maximum atomic E-state index is 11.9. The van der Waals surface area contributed by atoms with Crippen molar-refractivity contribution in [2.75, 3.05) is 6.61 Å². The third kappa shape index (κ3) is 5.66. The second-order valence-electron chi connectivity index (χ2n) is 5.62. The first-order valence-electron chi connectivity index (χ1n) is 7.74. The maximum absolute atomic E-state index is 11.9. The van der Waals surface area contributed by atoms with Crippen LogP contribution in [0.3, 0.4) is 0 Å². The fourth-order valence-corrected chi connectivity index (χ4v) is 2.09. The van der Waals surface area contributed by atoms with Crippen LogP contribution in [0.5, 0.6) is 5.75 Å². The fourth-order valence-electron chi connectivity index (χ4n) is 2.09. The second-order valence-corrected chi connectivity index (χ2v) is 5.62. The van der Waals surface area contributed by atoms with E-state index < -0.39 is 5.91 Å². The average molecular weight is 337 g/mol. The Hall–Kier alpha value is -3.33. The lowest BCUT2D eigenvalue weighted by molar-refractivity contribution is -0.129. The number of hydrogen-bond acceptors (Lipinski definition) is 4. The van der Waals surface area contributed by atoms with E-state index in [1.807, 2.05) is 38.1 Å². The van der Waals surface area contributed by atoms with Crippen molar-refractivity contribution in [1.29, 1.82) is 5.26 Å². The number of aryl methyl sites for hydroxylation is 2. The second kappa shape index (κ2) is 8.50. The van der Waals surface area contributed by atoms with Gasteiger partial charge in [-0.15, -0.1) is 0 Å². The SMILES string of the molecule is Cc1ccc(CC(=O)NNC(=O)COc2ccc(C#N)cc2)cc1C. The molecular weight excluding hydrogens is 318 g/mol. The first-order valence-corrected chi connectivity index (χ1v) is 7.74. The zero-order valence-corrected chi connectivity index (χ0v) is 14.1. The molecule has 0 aliphatic heterocycles. The molecule has 6 heteroatoms. The van der Waals surface area contributed by atoms with Crippen LogP contribution in [0.2, 0.25) is 0 Å².